The minimum atomic E-state index is -0.360. The first-order valence-corrected chi connectivity index (χ1v) is 11.8. The molecule has 3 aromatic rings. The number of methoxy groups -OCH3 is 1. The Kier molecular flexibility index (Phi) is 7.99. The van der Waals surface area contributed by atoms with E-state index in [-0.39, 0.29) is 30.0 Å². The lowest BCUT2D eigenvalue weighted by molar-refractivity contribution is -0.132. The van der Waals surface area contributed by atoms with Crippen molar-refractivity contribution in [2.45, 2.75) is 19.4 Å². The Labute approximate surface area is 208 Å². The number of nitrogens with zero attached hydrogens (tertiary/aromatic N) is 4. The van der Waals surface area contributed by atoms with E-state index in [9.17, 15) is 9.59 Å². The average Bonchev–Trinajstić information content (AvgIpc) is 2.87. The van der Waals surface area contributed by atoms with E-state index in [1.165, 1.54) is 0 Å². The Hall–Kier alpha value is -3.43. The van der Waals surface area contributed by atoms with Crippen LogP contribution in [0, 0.1) is 0 Å². The molecular weight excluding hydrogens is 470 g/mol. The van der Waals surface area contributed by atoms with Crippen molar-refractivity contribution in [3.8, 4) is 22.9 Å². The highest BCUT2D eigenvalue weighted by Crippen LogP contribution is 2.31. The number of aromatic nitrogens is 3. The highest BCUT2D eigenvalue weighted by molar-refractivity contribution is 6.30. The lowest BCUT2D eigenvalue weighted by atomic mass is 10.1. The molecule has 1 fully saturated rings. The van der Waals surface area contributed by atoms with Gasteiger partial charge in [0.1, 0.15) is 12.3 Å². The third-order valence-corrected chi connectivity index (χ3v) is 6.15. The molecule has 0 radical (unpaired) electrons. The van der Waals surface area contributed by atoms with Crippen LogP contribution in [0.15, 0.2) is 47.3 Å². The Morgan fingerprint density at radius 1 is 1.09 bits per heavy atom. The predicted molar refractivity (Wildman–Crippen MR) is 133 cm³/mol. The molecule has 184 valence electrons. The van der Waals surface area contributed by atoms with Crippen molar-refractivity contribution in [3.63, 3.8) is 0 Å². The van der Waals surface area contributed by atoms with Gasteiger partial charge < -0.3 is 24.3 Å². The summed E-state index contributed by atoms with van der Waals surface area (Å²) in [4.78, 5) is 31.8. The van der Waals surface area contributed by atoms with Crippen molar-refractivity contribution in [2.24, 2.45) is 0 Å². The Morgan fingerprint density at radius 3 is 2.60 bits per heavy atom. The molecule has 1 saturated heterocycles. The van der Waals surface area contributed by atoms with Gasteiger partial charge in [0.05, 0.1) is 7.11 Å². The number of H-pyrrole nitrogens is 1. The van der Waals surface area contributed by atoms with Crippen LogP contribution in [0.4, 0.5) is 0 Å². The van der Waals surface area contributed by atoms with Crippen molar-refractivity contribution in [1.82, 2.24) is 25.0 Å². The number of amides is 1. The summed E-state index contributed by atoms with van der Waals surface area (Å²) in [6.07, 6.45) is 0.473. The minimum Gasteiger partial charge on any atom is -0.493 e. The third-order valence-electron chi connectivity index (χ3n) is 5.92. The molecule has 1 amide bonds. The second kappa shape index (κ2) is 11.3. The summed E-state index contributed by atoms with van der Waals surface area (Å²) < 4.78 is 11.3. The smallest absolute Gasteiger partial charge is 0.273 e. The van der Waals surface area contributed by atoms with E-state index < -0.39 is 0 Å². The number of carbonyl (C=O) groups is 1. The zero-order valence-electron chi connectivity index (χ0n) is 19.8. The number of hydrogen-bond acceptors (Lipinski definition) is 7. The van der Waals surface area contributed by atoms with Gasteiger partial charge in [0.25, 0.3) is 5.56 Å². The van der Waals surface area contributed by atoms with Crippen molar-refractivity contribution in [3.05, 3.63) is 69.1 Å². The van der Waals surface area contributed by atoms with Gasteiger partial charge in [0, 0.05) is 49.6 Å². The van der Waals surface area contributed by atoms with Crippen LogP contribution >= 0.6 is 11.6 Å². The molecule has 0 saturated carbocycles. The fourth-order valence-corrected chi connectivity index (χ4v) is 4.03. The number of piperazine rings is 1. The van der Waals surface area contributed by atoms with Gasteiger partial charge in [-0.2, -0.15) is 0 Å². The number of rotatable bonds is 8. The molecule has 1 N–H and O–H groups in total. The standard InChI is InChI=1S/C25H28ClN5O4/c1-30-10-12-31(13-11-30)23(32)9-7-20-25(33)27-24(29-28-20)18-6-8-21(22(15-18)34-2)35-16-17-4-3-5-19(26)14-17/h3-6,8,14-15H,7,9-13,16H2,1-2H3,(H,27,29,33). The van der Waals surface area contributed by atoms with E-state index >= 15 is 0 Å². The van der Waals surface area contributed by atoms with Gasteiger partial charge >= 0.3 is 0 Å². The number of ether oxygens (including phenoxy) is 2. The van der Waals surface area contributed by atoms with E-state index in [1.54, 1.807) is 31.4 Å². The molecule has 35 heavy (non-hydrogen) atoms. The van der Waals surface area contributed by atoms with Gasteiger partial charge in [-0.25, -0.2) is 0 Å². The third kappa shape index (κ3) is 6.37. The second-order valence-corrected chi connectivity index (χ2v) is 8.85. The average molecular weight is 498 g/mol. The van der Waals surface area contributed by atoms with Gasteiger partial charge in [0.15, 0.2) is 17.3 Å². The molecule has 9 nitrogen and oxygen atoms in total. The molecule has 0 bridgehead atoms. The maximum absolute atomic E-state index is 12.6. The first-order chi connectivity index (χ1) is 16.9. The van der Waals surface area contributed by atoms with Gasteiger partial charge in [-0.15, -0.1) is 10.2 Å². The van der Waals surface area contributed by atoms with E-state index in [4.69, 9.17) is 21.1 Å². The van der Waals surface area contributed by atoms with Crippen molar-refractivity contribution < 1.29 is 14.3 Å². The lowest BCUT2D eigenvalue weighted by Gasteiger charge is -2.32. The van der Waals surface area contributed by atoms with Crippen LogP contribution in [0.25, 0.3) is 11.4 Å². The number of hydrogen-bond donors (Lipinski definition) is 1. The molecule has 2 aromatic carbocycles. The van der Waals surface area contributed by atoms with Crippen molar-refractivity contribution in [2.75, 3.05) is 40.3 Å². The maximum Gasteiger partial charge on any atom is 0.273 e. The first-order valence-electron chi connectivity index (χ1n) is 11.4. The number of halogens is 1. The van der Waals surface area contributed by atoms with E-state index in [2.05, 4.69) is 20.1 Å². The predicted octanol–water partition coefficient (Wildman–Crippen LogP) is 2.78. The van der Waals surface area contributed by atoms with Crippen LogP contribution in [0.5, 0.6) is 11.5 Å². The zero-order valence-corrected chi connectivity index (χ0v) is 20.5. The van der Waals surface area contributed by atoms with Gasteiger partial charge in [-0.1, -0.05) is 23.7 Å². The highest BCUT2D eigenvalue weighted by Gasteiger charge is 2.19. The molecule has 0 aliphatic carbocycles. The highest BCUT2D eigenvalue weighted by atomic mass is 35.5. The topological polar surface area (TPSA) is 101 Å². The molecule has 0 atom stereocenters. The summed E-state index contributed by atoms with van der Waals surface area (Å²) in [6.45, 7) is 3.45. The summed E-state index contributed by atoms with van der Waals surface area (Å²) in [7, 11) is 3.58. The molecule has 1 aliphatic heterocycles. The van der Waals surface area contributed by atoms with Crippen LogP contribution in [0.3, 0.4) is 0 Å². The Balaban J connectivity index is 1.40. The monoisotopic (exact) mass is 497 g/mol. The molecule has 4 rings (SSSR count). The summed E-state index contributed by atoms with van der Waals surface area (Å²) >= 11 is 6.03. The molecule has 1 aliphatic rings. The molecular formula is C25H28ClN5O4. The van der Waals surface area contributed by atoms with E-state index in [1.807, 2.05) is 30.1 Å². The second-order valence-electron chi connectivity index (χ2n) is 8.42. The van der Waals surface area contributed by atoms with Crippen LogP contribution in [0.2, 0.25) is 5.02 Å². The Morgan fingerprint density at radius 2 is 1.89 bits per heavy atom. The largest absolute Gasteiger partial charge is 0.493 e. The Bertz CT molecular complexity index is 1240. The molecule has 0 unspecified atom stereocenters. The van der Waals surface area contributed by atoms with E-state index in [0.717, 1.165) is 18.7 Å². The van der Waals surface area contributed by atoms with Gasteiger partial charge in [-0.3, -0.25) is 9.59 Å². The first kappa shape index (κ1) is 24.7. The number of nitrogens with one attached hydrogen (secondary N) is 1. The van der Waals surface area contributed by atoms with Crippen LogP contribution in [-0.4, -0.2) is 71.2 Å². The lowest BCUT2D eigenvalue weighted by Crippen LogP contribution is -2.47. The van der Waals surface area contributed by atoms with E-state index in [0.29, 0.717) is 47.6 Å². The van der Waals surface area contributed by atoms with Crippen molar-refractivity contribution in [1.29, 1.82) is 0 Å². The molecule has 10 heteroatoms. The number of likely N-dealkylation sites (N-methyl/N-ethyl adjacent to an activating group) is 1. The van der Waals surface area contributed by atoms with Crippen LogP contribution in [0.1, 0.15) is 17.7 Å². The number of aromatic amines is 1. The van der Waals surface area contributed by atoms with Crippen LogP contribution in [-0.2, 0) is 17.8 Å². The number of benzene rings is 2. The maximum atomic E-state index is 12.6. The number of carbonyl (C=O) groups excluding carboxylic acids is 1. The van der Waals surface area contributed by atoms with Crippen molar-refractivity contribution >= 4 is 17.5 Å². The fourth-order valence-electron chi connectivity index (χ4n) is 3.82. The normalized spacial score (nSPS) is 14.1. The molecule has 2 heterocycles. The van der Waals surface area contributed by atoms with Crippen LogP contribution < -0.4 is 15.0 Å². The quantitative estimate of drug-likeness (QED) is 0.510. The van der Waals surface area contributed by atoms with Gasteiger partial charge in [-0.05, 0) is 42.9 Å². The molecule has 1 aromatic heterocycles. The number of aryl methyl sites for hydroxylation is 1. The zero-order chi connectivity index (χ0) is 24.8. The summed E-state index contributed by atoms with van der Waals surface area (Å²) in [5, 5.41) is 8.90. The minimum absolute atomic E-state index is 0.0291. The fraction of sp³-hybridized carbons (Fsp3) is 0.360. The summed E-state index contributed by atoms with van der Waals surface area (Å²) in [5.74, 6) is 1.38. The SMILES string of the molecule is COc1cc(-c2nnc(CCC(=O)N3CCN(C)CC3)c(=O)[nH]2)ccc1OCc1cccc(Cl)c1. The van der Waals surface area contributed by atoms with Gasteiger partial charge in [0.2, 0.25) is 5.91 Å². The summed E-state index contributed by atoms with van der Waals surface area (Å²) in [6, 6.07) is 12.7. The molecule has 0 spiro atoms. The summed E-state index contributed by atoms with van der Waals surface area (Å²) in [5.41, 5.74) is 1.44.